The van der Waals surface area contributed by atoms with Crippen molar-refractivity contribution in [1.82, 2.24) is 10.6 Å². The van der Waals surface area contributed by atoms with Gasteiger partial charge < -0.3 is 20.8 Å². The zero-order chi connectivity index (χ0) is 37.4. The quantitative estimate of drug-likeness (QED) is 0.0775. The summed E-state index contributed by atoms with van der Waals surface area (Å²) >= 11 is 13.6. The molecule has 12 heteroatoms. The van der Waals surface area contributed by atoms with Gasteiger partial charge >= 0.3 is 11.9 Å². The first-order valence-corrected chi connectivity index (χ1v) is 21.4. The normalized spacial score (nSPS) is 12.6. The molecule has 8 nitrogen and oxygen atoms in total. The van der Waals surface area contributed by atoms with Crippen LogP contribution in [0.5, 0.6) is 0 Å². The Kier molecular flexibility index (Phi) is 20.7. The van der Waals surface area contributed by atoms with Gasteiger partial charge in [0.2, 0.25) is 0 Å². The number of hydrogen-bond acceptors (Lipinski definition) is 4. The molecule has 2 amide bonds. The van der Waals surface area contributed by atoms with E-state index in [2.05, 4.69) is 102 Å². The fourth-order valence-corrected chi connectivity index (χ4v) is 8.79. The number of hydrogen-bond donors (Lipinski definition) is 4. The van der Waals surface area contributed by atoms with Crippen molar-refractivity contribution in [2.75, 3.05) is 13.1 Å². The first-order valence-electron chi connectivity index (χ1n) is 18.3. The minimum Gasteiger partial charge on any atom is -0.478 e. The van der Waals surface area contributed by atoms with Crippen LogP contribution < -0.4 is 10.6 Å². The molecule has 4 N–H and O–H groups in total. The van der Waals surface area contributed by atoms with Gasteiger partial charge in [0.1, 0.15) is 0 Å². The van der Waals surface area contributed by atoms with E-state index in [-0.39, 0.29) is 62.8 Å². The Morgan fingerprint density at radius 3 is 1.08 bits per heavy atom. The van der Waals surface area contributed by atoms with Crippen molar-refractivity contribution in [2.24, 2.45) is 11.8 Å². The highest BCUT2D eigenvalue weighted by molar-refractivity contribution is 9.13. The van der Waals surface area contributed by atoms with Gasteiger partial charge in [0.25, 0.3) is 11.8 Å². The van der Waals surface area contributed by atoms with Crippen molar-refractivity contribution in [1.29, 1.82) is 0 Å². The number of unbranched alkanes of at least 4 members (excludes halogenated alkanes) is 8. The molecule has 0 saturated heterocycles. The van der Waals surface area contributed by atoms with Crippen molar-refractivity contribution in [3.8, 4) is 0 Å². The fourth-order valence-electron chi connectivity index (χ4n) is 6.51. The maximum atomic E-state index is 14.2. The third-order valence-electron chi connectivity index (χ3n) is 9.36. The summed E-state index contributed by atoms with van der Waals surface area (Å²) in [7, 11) is 0. The molecule has 50 heavy (non-hydrogen) atoms. The molecule has 0 bridgehead atoms. The van der Waals surface area contributed by atoms with Crippen molar-refractivity contribution in [3.63, 3.8) is 0 Å². The molecule has 2 unspecified atom stereocenters. The van der Waals surface area contributed by atoms with Crippen LogP contribution >= 0.6 is 63.7 Å². The van der Waals surface area contributed by atoms with Crippen molar-refractivity contribution in [2.45, 2.75) is 130 Å². The maximum Gasteiger partial charge on any atom is 0.337 e. The van der Waals surface area contributed by atoms with Gasteiger partial charge in [0.15, 0.2) is 0 Å². The number of benzene rings is 2. The second kappa shape index (κ2) is 23.2. The van der Waals surface area contributed by atoms with Crippen LogP contribution in [0.3, 0.4) is 0 Å². The molecule has 0 radical (unpaired) electrons. The van der Waals surface area contributed by atoms with Crippen molar-refractivity contribution >= 4 is 98.2 Å². The van der Waals surface area contributed by atoms with Crippen LogP contribution in [-0.2, 0) is 0 Å². The SMILES string of the molecule is CCCCCCC(CCCC)CNC(=O)c1c(Br)c(Br)c(C(=O)NCC(CCCC)CCCCCC)c2c(C(=O)O)c(Br)c(Br)c(C(=O)O)c12. The smallest absolute Gasteiger partial charge is 0.337 e. The van der Waals surface area contributed by atoms with Crippen LogP contribution in [0.15, 0.2) is 17.9 Å². The van der Waals surface area contributed by atoms with E-state index in [4.69, 9.17) is 0 Å². The van der Waals surface area contributed by atoms with Crippen LogP contribution in [0.2, 0.25) is 0 Å². The molecule has 2 aromatic carbocycles. The zero-order valence-corrected chi connectivity index (χ0v) is 36.3. The lowest BCUT2D eigenvalue weighted by molar-refractivity contribution is 0.0682. The number of nitrogens with one attached hydrogen (secondary N) is 2. The molecule has 0 aromatic heterocycles. The van der Waals surface area contributed by atoms with E-state index >= 15 is 0 Å². The number of carbonyl (C=O) groups excluding carboxylic acids is 2. The van der Waals surface area contributed by atoms with Crippen LogP contribution in [0.4, 0.5) is 0 Å². The lowest BCUT2D eigenvalue weighted by atomic mass is 9.90. The van der Waals surface area contributed by atoms with E-state index in [9.17, 15) is 29.4 Å². The Hall–Kier alpha value is -1.50. The van der Waals surface area contributed by atoms with Gasteiger partial charge in [-0.05, 0) is 101 Å². The first-order chi connectivity index (χ1) is 23.9. The highest BCUT2D eigenvalue weighted by Gasteiger charge is 2.34. The molecule has 2 rings (SSSR count). The Balaban J connectivity index is 2.73. The third-order valence-corrected chi connectivity index (χ3v) is 13.6. The summed E-state index contributed by atoms with van der Waals surface area (Å²) in [6.45, 7) is 9.38. The average Bonchev–Trinajstić information content (AvgIpc) is 3.07. The lowest BCUT2D eigenvalue weighted by Crippen LogP contribution is -2.32. The number of fused-ring (bicyclic) bond motifs is 1. The maximum absolute atomic E-state index is 14.2. The number of amides is 2. The Morgan fingerprint density at radius 2 is 0.780 bits per heavy atom. The predicted octanol–water partition coefficient (Wildman–Crippen LogP) is 12.3. The van der Waals surface area contributed by atoms with Crippen LogP contribution in [0, 0.1) is 11.8 Å². The van der Waals surface area contributed by atoms with Gasteiger partial charge in [-0.1, -0.05) is 105 Å². The Labute approximate surface area is 331 Å². The van der Waals surface area contributed by atoms with E-state index in [1.165, 1.54) is 0 Å². The molecule has 0 fully saturated rings. The second-order valence-electron chi connectivity index (χ2n) is 13.3. The molecule has 0 spiro atoms. The molecule has 0 aliphatic heterocycles. The molecule has 0 aliphatic rings. The average molecular weight is 954 g/mol. The fraction of sp³-hybridized carbons (Fsp3) is 0.632. The summed E-state index contributed by atoms with van der Waals surface area (Å²) in [6, 6.07) is 0. The topological polar surface area (TPSA) is 133 Å². The molecule has 2 atom stereocenters. The van der Waals surface area contributed by atoms with Gasteiger partial charge in [-0.3, -0.25) is 9.59 Å². The largest absolute Gasteiger partial charge is 0.478 e. The number of aromatic carboxylic acids is 2. The number of halogens is 4. The first kappa shape index (κ1) is 44.7. The zero-order valence-electron chi connectivity index (χ0n) is 29.9. The summed E-state index contributed by atoms with van der Waals surface area (Å²) in [4.78, 5) is 54.1. The summed E-state index contributed by atoms with van der Waals surface area (Å²) in [5.41, 5.74) is -0.728. The molecule has 2 aromatic rings. The third kappa shape index (κ3) is 12.3. The van der Waals surface area contributed by atoms with Gasteiger partial charge in [-0.25, -0.2) is 9.59 Å². The van der Waals surface area contributed by atoms with Gasteiger partial charge in [0, 0.05) is 41.8 Å². The van der Waals surface area contributed by atoms with Crippen molar-refractivity contribution < 1.29 is 29.4 Å². The van der Waals surface area contributed by atoms with E-state index < -0.39 is 23.8 Å². The summed E-state index contributed by atoms with van der Waals surface area (Å²) < 4.78 is 0.285. The van der Waals surface area contributed by atoms with Crippen LogP contribution in [0.25, 0.3) is 10.8 Å². The summed E-state index contributed by atoms with van der Waals surface area (Å²) in [5.74, 6) is -3.37. The molecular weight excluding hydrogens is 900 g/mol. The summed E-state index contributed by atoms with van der Waals surface area (Å²) in [6.07, 6.45) is 16.9. The predicted molar refractivity (Wildman–Crippen MR) is 217 cm³/mol. The standard InChI is InChI=1S/C38H54Br4N2O6/c1-5-9-13-15-19-23(17-11-7-3)21-43-35(45)27-25-26(30(38(49)50)34(42)33(41)29(25)37(47)48)28(32(40)31(27)39)36(46)44-22-24(18-12-8-4)20-16-14-10-6-2/h23-24H,5-22H2,1-4H3,(H,43,45)(H,44,46)(H,47,48)(H,49,50). The minimum absolute atomic E-state index is 0.0343. The second-order valence-corrected chi connectivity index (χ2v) is 16.4. The number of carbonyl (C=O) groups is 4. The van der Waals surface area contributed by atoms with Gasteiger partial charge in [0.05, 0.1) is 22.3 Å². The van der Waals surface area contributed by atoms with Crippen LogP contribution in [-0.4, -0.2) is 47.1 Å². The minimum atomic E-state index is -1.38. The van der Waals surface area contributed by atoms with Gasteiger partial charge in [-0.15, -0.1) is 0 Å². The van der Waals surface area contributed by atoms with Gasteiger partial charge in [-0.2, -0.15) is 0 Å². The number of carboxylic acid groups (broad SMARTS) is 2. The molecular formula is C38H54Br4N2O6. The van der Waals surface area contributed by atoms with E-state index in [1.54, 1.807) is 0 Å². The summed E-state index contributed by atoms with van der Waals surface area (Å²) in [5, 5.41) is 26.8. The van der Waals surface area contributed by atoms with E-state index in [0.29, 0.717) is 13.1 Å². The van der Waals surface area contributed by atoms with E-state index in [0.717, 1.165) is 103 Å². The lowest BCUT2D eigenvalue weighted by Gasteiger charge is -2.23. The highest BCUT2D eigenvalue weighted by atomic mass is 79.9. The molecule has 280 valence electrons. The monoisotopic (exact) mass is 950 g/mol. The van der Waals surface area contributed by atoms with E-state index in [1.807, 2.05) is 0 Å². The van der Waals surface area contributed by atoms with Crippen molar-refractivity contribution in [3.05, 3.63) is 40.1 Å². The highest BCUT2D eigenvalue weighted by Crippen LogP contribution is 2.46. The Morgan fingerprint density at radius 1 is 0.480 bits per heavy atom. The molecule has 0 aliphatic carbocycles. The molecule has 0 saturated carbocycles. The number of carboxylic acids is 2. The Bertz CT molecular complexity index is 1370. The number of rotatable bonds is 24. The van der Waals surface area contributed by atoms with Crippen LogP contribution in [0.1, 0.15) is 172 Å². The molecule has 0 heterocycles.